The predicted octanol–water partition coefficient (Wildman–Crippen LogP) is 7.19. The molecule has 0 bridgehead atoms. The highest BCUT2D eigenvalue weighted by Gasteiger charge is 2.14. The summed E-state index contributed by atoms with van der Waals surface area (Å²) in [5, 5.41) is 5.37. The van der Waals surface area contributed by atoms with Gasteiger partial charge in [0, 0.05) is 21.2 Å². The van der Waals surface area contributed by atoms with E-state index in [2.05, 4.69) is 10.5 Å². The zero-order chi connectivity index (χ0) is 26.8. The molecule has 0 radical (unpaired) electrons. The lowest BCUT2D eigenvalue weighted by atomic mass is 10.2. The molecule has 0 atom stereocenters. The van der Waals surface area contributed by atoms with Gasteiger partial charge in [-0.15, -0.1) is 0 Å². The minimum atomic E-state index is -0.405. The number of ether oxygens (including phenoxy) is 4. The van der Waals surface area contributed by atoms with Crippen LogP contribution in [0.4, 0.5) is 0 Å². The number of nitrogens with zero attached hydrogens (tertiary/aromatic N) is 1. The Morgan fingerprint density at radius 3 is 2.43 bits per heavy atom. The Morgan fingerprint density at radius 1 is 0.919 bits per heavy atom. The molecule has 0 aliphatic heterocycles. The van der Waals surface area contributed by atoms with Crippen molar-refractivity contribution in [2.75, 3.05) is 20.3 Å². The summed E-state index contributed by atoms with van der Waals surface area (Å²) in [5.74, 6) is 1.43. The van der Waals surface area contributed by atoms with E-state index in [1.54, 1.807) is 48.5 Å². The molecule has 0 spiro atoms. The molecule has 0 fully saturated rings. The van der Waals surface area contributed by atoms with Crippen molar-refractivity contribution in [3.63, 3.8) is 0 Å². The lowest BCUT2D eigenvalue weighted by Gasteiger charge is -2.14. The van der Waals surface area contributed by atoms with Gasteiger partial charge in [-0.3, -0.25) is 4.79 Å². The SMILES string of the molecule is CCCOc1ccc(C(=O)N/N=C/c2cc(Cl)c(OCc3ccc(Cl)cc3Cl)c(OC)c2)cc1OCC. The van der Waals surface area contributed by atoms with Crippen molar-refractivity contribution in [2.24, 2.45) is 5.10 Å². The van der Waals surface area contributed by atoms with E-state index in [0.717, 1.165) is 12.0 Å². The highest BCUT2D eigenvalue weighted by molar-refractivity contribution is 6.35. The van der Waals surface area contributed by atoms with E-state index in [-0.39, 0.29) is 6.61 Å². The van der Waals surface area contributed by atoms with Crippen LogP contribution >= 0.6 is 34.8 Å². The zero-order valence-corrected chi connectivity index (χ0v) is 22.9. The number of hydrazone groups is 1. The second-order valence-electron chi connectivity index (χ2n) is 7.70. The number of hydrogen-bond acceptors (Lipinski definition) is 6. The van der Waals surface area contributed by atoms with Gasteiger partial charge < -0.3 is 18.9 Å². The number of nitrogens with one attached hydrogen (secondary N) is 1. The molecule has 0 unspecified atom stereocenters. The van der Waals surface area contributed by atoms with Crippen molar-refractivity contribution in [3.8, 4) is 23.0 Å². The monoisotopic (exact) mass is 564 g/mol. The van der Waals surface area contributed by atoms with Gasteiger partial charge in [0.05, 0.1) is 31.6 Å². The molecule has 7 nitrogen and oxygen atoms in total. The highest BCUT2D eigenvalue weighted by Crippen LogP contribution is 2.37. The molecule has 0 saturated heterocycles. The number of benzene rings is 3. The second-order valence-corrected chi connectivity index (χ2v) is 8.95. The minimum absolute atomic E-state index is 0.168. The highest BCUT2D eigenvalue weighted by atomic mass is 35.5. The maximum Gasteiger partial charge on any atom is 0.271 e. The Bertz CT molecular complexity index is 1270. The fourth-order valence-electron chi connectivity index (χ4n) is 3.22. The number of carbonyl (C=O) groups excluding carboxylic acids is 1. The molecular weight excluding hydrogens is 539 g/mol. The molecule has 10 heteroatoms. The van der Waals surface area contributed by atoms with Gasteiger partial charge in [-0.2, -0.15) is 5.10 Å². The van der Waals surface area contributed by atoms with Crippen molar-refractivity contribution in [2.45, 2.75) is 26.9 Å². The summed E-state index contributed by atoms with van der Waals surface area (Å²) in [6.45, 7) is 5.05. The van der Waals surface area contributed by atoms with Crippen LogP contribution in [-0.4, -0.2) is 32.4 Å². The minimum Gasteiger partial charge on any atom is -0.493 e. The molecule has 3 rings (SSSR count). The molecule has 37 heavy (non-hydrogen) atoms. The lowest BCUT2D eigenvalue weighted by molar-refractivity contribution is 0.0954. The molecule has 0 saturated carbocycles. The average molecular weight is 566 g/mol. The molecule has 3 aromatic carbocycles. The van der Waals surface area contributed by atoms with Crippen LogP contribution in [0, 0.1) is 0 Å². The maximum absolute atomic E-state index is 12.6. The van der Waals surface area contributed by atoms with Crippen molar-refractivity contribution >= 4 is 46.9 Å². The van der Waals surface area contributed by atoms with Crippen LogP contribution in [0.3, 0.4) is 0 Å². The first kappa shape index (κ1) is 28.4. The summed E-state index contributed by atoms with van der Waals surface area (Å²) >= 11 is 18.6. The number of methoxy groups -OCH3 is 1. The van der Waals surface area contributed by atoms with Gasteiger partial charge in [-0.1, -0.05) is 47.8 Å². The number of hydrogen-bond donors (Lipinski definition) is 1. The molecule has 0 heterocycles. The third-order valence-corrected chi connectivity index (χ3v) is 5.85. The Morgan fingerprint density at radius 2 is 1.73 bits per heavy atom. The van der Waals surface area contributed by atoms with Crippen molar-refractivity contribution in [1.29, 1.82) is 0 Å². The standard InChI is InChI=1S/C27H27Cl3N2O5/c1-4-10-36-23-9-7-18(13-24(23)35-5-2)27(33)32-31-15-17-11-22(30)26(25(12-17)34-3)37-16-19-6-8-20(28)14-21(19)29/h6-9,11-15H,4-5,10,16H2,1-3H3,(H,32,33)/b31-15+. The summed E-state index contributed by atoms with van der Waals surface area (Å²) in [4.78, 5) is 12.6. The van der Waals surface area contributed by atoms with Crippen LogP contribution in [0.5, 0.6) is 23.0 Å². The summed E-state index contributed by atoms with van der Waals surface area (Å²) in [6, 6.07) is 13.5. The topological polar surface area (TPSA) is 78.4 Å². The third kappa shape index (κ3) is 7.92. The first-order valence-electron chi connectivity index (χ1n) is 11.5. The van der Waals surface area contributed by atoms with Crippen LogP contribution in [0.15, 0.2) is 53.6 Å². The van der Waals surface area contributed by atoms with Crippen LogP contribution < -0.4 is 24.4 Å². The van der Waals surface area contributed by atoms with E-state index < -0.39 is 5.91 Å². The van der Waals surface area contributed by atoms with Gasteiger partial charge in [0.2, 0.25) is 0 Å². The Kier molecular flexibility index (Phi) is 10.7. The fraction of sp³-hybridized carbons (Fsp3) is 0.259. The van der Waals surface area contributed by atoms with E-state index in [0.29, 0.717) is 62.4 Å². The quantitative estimate of drug-likeness (QED) is 0.186. The van der Waals surface area contributed by atoms with E-state index in [1.807, 2.05) is 13.8 Å². The number of amides is 1. The Labute approximate surface area is 231 Å². The van der Waals surface area contributed by atoms with Crippen LogP contribution in [-0.2, 0) is 6.61 Å². The number of carbonyl (C=O) groups is 1. The number of halogens is 3. The van der Waals surface area contributed by atoms with Gasteiger partial charge >= 0.3 is 0 Å². The van der Waals surface area contributed by atoms with Gasteiger partial charge in [0.15, 0.2) is 23.0 Å². The summed E-state index contributed by atoms with van der Waals surface area (Å²) < 4.78 is 22.6. The maximum atomic E-state index is 12.6. The largest absolute Gasteiger partial charge is 0.493 e. The Balaban J connectivity index is 1.69. The van der Waals surface area contributed by atoms with E-state index in [4.69, 9.17) is 53.8 Å². The van der Waals surface area contributed by atoms with Gasteiger partial charge in [-0.25, -0.2) is 5.43 Å². The van der Waals surface area contributed by atoms with Crippen LogP contribution in [0.1, 0.15) is 41.8 Å². The third-order valence-electron chi connectivity index (χ3n) is 4.99. The van der Waals surface area contributed by atoms with Crippen molar-refractivity contribution in [3.05, 3.63) is 80.3 Å². The second kappa shape index (κ2) is 14.0. The Hall–Kier alpha value is -3.13. The van der Waals surface area contributed by atoms with E-state index in [1.165, 1.54) is 13.3 Å². The van der Waals surface area contributed by atoms with E-state index in [9.17, 15) is 4.79 Å². The average Bonchev–Trinajstić information content (AvgIpc) is 2.88. The predicted molar refractivity (Wildman–Crippen MR) is 147 cm³/mol. The summed E-state index contributed by atoms with van der Waals surface area (Å²) in [7, 11) is 1.50. The van der Waals surface area contributed by atoms with Crippen LogP contribution in [0.25, 0.3) is 0 Å². The first-order chi connectivity index (χ1) is 17.9. The molecule has 1 amide bonds. The summed E-state index contributed by atoms with van der Waals surface area (Å²) in [5.41, 5.74) is 4.22. The van der Waals surface area contributed by atoms with Crippen molar-refractivity contribution < 1.29 is 23.7 Å². The first-order valence-corrected chi connectivity index (χ1v) is 12.7. The molecule has 0 aliphatic carbocycles. The zero-order valence-electron chi connectivity index (χ0n) is 20.6. The summed E-state index contributed by atoms with van der Waals surface area (Å²) in [6.07, 6.45) is 2.31. The lowest BCUT2D eigenvalue weighted by Crippen LogP contribution is -2.17. The van der Waals surface area contributed by atoms with E-state index >= 15 is 0 Å². The molecule has 0 aliphatic rings. The van der Waals surface area contributed by atoms with Gasteiger partial charge in [-0.05, 0) is 61.4 Å². The fourth-order valence-corrected chi connectivity index (χ4v) is 3.96. The molecular formula is C27H27Cl3N2O5. The normalized spacial score (nSPS) is 10.9. The molecule has 0 aromatic heterocycles. The van der Waals surface area contributed by atoms with Crippen molar-refractivity contribution in [1.82, 2.24) is 5.43 Å². The van der Waals surface area contributed by atoms with Crippen LogP contribution in [0.2, 0.25) is 15.1 Å². The molecule has 3 aromatic rings. The van der Waals surface area contributed by atoms with Gasteiger partial charge in [0.25, 0.3) is 5.91 Å². The molecule has 1 N–H and O–H groups in total. The number of rotatable bonds is 12. The molecule has 196 valence electrons. The smallest absolute Gasteiger partial charge is 0.271 e. The van der Waals surface area contributed by atoms with Gasteiger partial charge in [0.1, 0.15) is 6.61 Å².